The third-order valence-corrected chi connectivity index (χ3v) is 3.93. The normalized spacial score (nSPS) is 10.4. The van der Waals surface area contributed by atoms with Crippen LogP contribution in [0.3, 0.4) is 0 Å². The summed E-state index contributed by atoms with van der Waals surface area (Å²) in [4.78, 5) is 19.6. The Morgan fingerprint density at radius 3 is 2.85 bits per heavy atom. The van der Waals surface area contributed by atoms with Gasteiger partial charge in [-0.15, -0.1) is 0 Å². The van der Waals surface area contributed by atoms with Gasteiger partial charge in [0.2, 0.25) is 0 Å². The molecule has 3 rings (SSSR count). The summed E-state index contributed by atoms with van der Waals surface area (Å²) >= 11 is 0. The number of carbonyl (C=O) groups is 1. The highest BCUT2D eigenvalue weighted by molar-refractivity contribution is 5.94. The van der Waals surface area contributed by atoms with E-state index < -0.39 is 0 Å². The van der Waals surface area contributed by atoms with Gasteiger partial charge in [-0.3, -0.25) is 9.78 Å². The van der Waals surface area contributed by atoms with Crippen molar-refractivity contribution in [3.63, 3.8) is 0 Å². The van der Waals surface area contributed by atoms with Crippen LogP contribution in [0.15, 0.2) is 61.1 Å². The van der Waals surface area contributed by atoms with Gasteiger partial charge >= 0.3 is 0 Å². The van der Waals surface area contributed by atoms with Crippen LogP contribution < -0.4 is 9.47 Å². The fourth-order valence-electron chi connectivity index (χ4n) is 2.52. The molecule has 0 fully saturated rings. The first-order chi connectivity index (χ1) is 13.1. The van der Waals surface area contributed by atoms with Crippen LogP contribution >= 0.6 is 0 Å². The third kappa shape index (κ3) is 5.04. The Labute approximate surface area is 157 Å². The SMILES string of the molecule is CC(=O)c1cccc(Oc2ncccc2OCCCc2ccncc2O)c1. The number of nitrogens with zero attached hydrogens (tertiary/aromatic N) is 2. The van der Waals surface area contributed by atoms with Crippen molar-refractivity contribution in [3.05, 3.63) is 72.2 Å². The predicted octanol–water partition coefficient (Wildman–Crippen LogP) is 4.19. The van der Waals surface area contributed by atoms with Crippen LogP contribution in [0.4, 0.5) is 0 Å². The minimum atomic E-state index is -0.0303. The van der Waals surface area contributed by atoms with Crippen LogP contribution in [0.1, 0.15) is 29.3 Å². The molecule has 1 N–H and O–H groups in total. The highest BCUT2D eigenvalue weighted by Gasteiger charge is 2.09. The lowest BCUT2D eigenvalue weighted by Gasteiger charge is -2.12. The van der Waals surface area contributed by atoms with Crippen molar-refractivity contribution >= 4 is 5.78 Å². The van der Waals surface area contributed by atoms with Crippen LogP contribution in [-0.2, 0) is 6.42 Å². The van der Waals surface area contributed by atoms with Crippen LogP contribution in [0.5, 0.6) is 23.1 Å². The zero-order chi connectivity index (χ0) is 19.1. The van der Waals surface area contributed by atoms with Gasteiger partial charge in [0.25, 0.3) is 5.88 Å². The summed E-state index contributed by atoms with van der Waals surface area (Å²) in [6.07, 6.45) is 6.08. The number of aromatic hydroxyl groups is 1. The lowest BCUT2D eigenvalue weighted by atomic mass is 10.1. The second kappa shape index (κ2) is 8.80. The Bertz CT molecular complexity index is 927. The summed E-state index contributed by atoms with van der Waals surface area (Å²) in [7, 11) is 0. The molecule has 2 heterocycles. The second-order valence-electron chi connectivity index (χ2n) is 5.95. The summed E-state index contributed by atoms with van der Waals surface area (Å²) in [5.74, 6) is 1.54. The lowest BCUT2D eigenvalue weighted by Crippen LogP contribution is -2.02. The van der Waals surface area contributed by atoms with E-state index in [9.17, 15) is 9.90 Å². The second-order valence-corrected chi connectivity index (χ2v) is 5.95. The van der Waals surface area contributed by atoms with Gasteiger partial charge in [0.15, 0.2) is 11.5 Å². The fourth-order valence-corrected chi connectivity index (χ4v) is 2.52. The van der Waals surface area contributed by atoms with Gasteiger partial charge in [-0.25, -0.2) is 4.98 Å². The van der Waals surface area contributed by atoms with E-state index in [0.29, 0.717) is 42.4 Å². The van der Waals surface area contributed by atoms with E-state index in [1.54, 1.807) is 54.9 Å². The number of ketones is 1. The molecule has 2 aromatic heterocycles. The maximum atomic E-state index is 11.5. The van der Waals surface area contributed by atoms with Gasteiger partial charge in [-0.05, 0) is 55.7 Å². The standard InChI is InChI=1S/C21H20N2O4/c1-15(24)17-5-2-7-18(13-17)27-21-20(8-3-10-23-21)26-12-4-6-16-9-11-22-14-19(16)25/h2-3,5,7-11,13-14,25H,4,6,12H2,1H3. The molecule has 0 saturated carbocycles. The molecule has 3 aromatic rings. The van der Waals surface area contributed by atoms with E-state index in [1.165, 1.54) is 13.1 Å². The van der Waals surface area contributed by atoms with Gasteiger partial charge in [-0.2, -0.15) is 0 Å². The molecule has 6 nitrogen and oxygen atoms in total. The maximum absolute atomic E-state index is 11.5. The Kier molecular flexibility index (Phi) is 5.99. The summed E-state index contributed by atoms with van der Waals surface area (Å²) in [5, 5.41) is 9.74. The first kappa shape index (κ1) is 18.4. The van der Waals surface area contributed by atoms with Crippen molar-refractivity contribution in [1.82, 2.24) is 9.97 Å². The molecule has 1 aromatic carbocycles. The zero-order valence-electron chi connectivity index (χ0n) is 15.0. The summed E-state index contributed by atoms with van der Waals surface area (Å²) in [6.45, 7) is 1.95. The predicted molar refractivity (Wildman–Crippen MR) is 100 cm³/mol. The van der Waals surface area contributed by atoms with Crippen molar-refractivity contribution in [1.29, 1.82) is 0 Å². The van der Waals surface area contributed by atoms with Gasteiger partial charge in [0, 0.05) is 18.0 Å². The average molecular weight is 364 g/mol. The molecule has 0 spiro atoms. The van der Waals surface area contributed by atoms with E-state index in [-0.39, 0.29) is 11.5 Å². The lowest BCUT2D eigenvalue weighted by molar-refractivity contribution is 0.101. The molecular weight excluding hydrogens is 344 g/mol. The molecule has 27 heavy (non-hydrogen) atoms. The van der Waals surface area contributed by atoms with E-state index in [1.807, 2.05) is 0 Å². The Balaban J connectivity index is 1.61. The number of Topliss-reactive ketones (excluding diaryl/α,β-unsaturated/α-hetero) is 1. The van der Waals surface area contributed by atoms with Crippen molar-refractivity contribution in [2.24, 2.45) is 0 Å². The Morgan fingerprint density at radius 1 is 1.15 bits per heavy atom. The van der Waals surface area contributed by atoms with Gasteiger partial charge < -0.3 is 14.6 Å². The number of hydrogen-bond donors (Lipinski definition) is 1. The topological polar surface area (TPSA) is 81.5 Å². The van der Waals surface area contributed by atoms with E-state index in [4.69, 9.17) is 9.47 Å². The minimum Gasteiger partial charge on any atom is -0.506 e. The largest absolute Gasteiger partial charge is 0.506 e. The van der Waals surface area contributed by atoms with Gasteiger partial charge in [0.05, 0.1) is 12.8 Å². The Hall–Kier alpha value is -3.41. The van der Waals surface area contributed by atoms with Crippen molar-refractivity contribution in [2.45, 2.75) is 19.8 Å². The number of hydrogen-bond acceptors (Lipinski definition) is 6. The maximum Gasteiger partial charge on any atom is 0.262 e. The molecule has 0 amide bonds. The molecule has 138 valence electrons. The van der Waals surface area contributed by atoms with Crippen molar-refractivity contribution in [3.8, 4) is 23.1 Å². The van der Waals surface area contributed by atoms with Gasteiger partial charge in [0.1, 0.15) is 11.5 Å². The molecule has 0 aliphatic carbocycles. The smallest absolute Gasteiger partial charge is 0.262 e. The van der Waals surface area contributed by atoms with Crippen LogP contribution in [0.25, 0.3) is 0 Å². The molecule has 0 atom stereocenters. The molecule has 6 heteroatoms. The number of aromatic nitrogens is 2. The van der Waals surface area contributed by atoms with Crippen molar-refractivity contribution < 1.29 is 19.4 Å². The number of pyridine rings is 2. The fraction of sp³-hybridized carbons (Fsp3) is 0.190. The molecule has 0 aliphatic heterocycles. The monoisotopic (exact) mass is 364 g/mol. The minimum absolute atomic E-state index is 0.0303. The number of benzene rings is 1. The quantitative estimate of drug-likeness (QED) is 0.477. The van der Waals surface area contributed by atoms with E-state index >= 15 is 0 Å². The highest BCUT2D eigenvalue weighted by Crippen LogP contribution is 2.29. The summed E-state index contributed by atoms with van der Waals surface area (Å²) < 4.78 is 11.6. The summed E-state index contributed by atoms with van der Waals surface area (Å²) in [6, 6.07) is 12.3. The zero-order valence-corrected chi connectivity index (χ0v) is 15.0. The molecule has 0 unspecified atom stereocenters. The van der Waals surface area contributed by atoms with Crippen LogP contribution in [0, 0.1) is 0 Å². The molecular formula is C21H20N2O4. The Morgan fingerprint density at radius 2 is 2.04 bits per heavy atom. The molecule has 0 aliphatic rings. The third-order valence-electron chi connectivity index (χ3n) is 3.93. The van der Waals surface area contributed by atoms with Crippen LogP contribution in [-0.4, -0.2) is 27.5 Å². The number of ether oxygens (including phenoxy) is 2. The van der Waals surface area contributed by atoms with E-state index in [2.05, 4.69) is 9.97 Å². The number of rotatable bonds is 8. The molecule has 0 saturated heterocycles. The number of aryl methyl sites for hydroxylation is 1. The van der Waals surface area contributed by atoms with Crippen LogP contribution in [0.2, 0.25) is 0 Å². The molecule has 0 radical (unpaired) electrons. The van der Waals surface area contributed by atoms with Gasteiger partial charge in [-0.1, -0.05) is 12.1 Å². The van der Waals surface area contributed by atoms with E-state index in [0.717, 1.165) is 5.56 Å². The number of carbonyl (C=O) groups excluding carboxylic acids is 1. The molecule has 0 bridgehead atoms. The summed E-state index contributed by atoms with van der Waals surface area (Å²) in [5.41, 5.74) is 1.40. The first-order valence-corrected chi connectivity index (χ1v) is 8.62. The van der Waals surface area contributed by atoms with Crippen molar-refractivity contribution in [2.75, 3.05) is 6.61 Å². The first-order valence-electron chi connectivity index (χ1n) is 8.62. The highest BCUT2D eigenvalue weighted by atomic mass is 16.5. The average Bonchev–Trinajstić information content (AvgIpc) is 2.68.